The van der Waals surface area contributed by atoms with Crippen molar-refractivity contribution in [3.63, 3.8) is 0 Å². The van der Waals surface area contributed by atoms with E-state index in [4.69, 9.17) is 11.5 Å². The molecule has 18 heavy (non-hydrogen) atoms. The van der Waals surface area contributed by atoms with Gasteiger partial charge in [0.15, 0.2) is 0 Å². The van der Waals surface area contributed by atoms with Gasteiger partial charge < -0.3 is 21.3 Å². The number of hydrogen-bond donors (Lipinski definition) is 2. The van der Waals surface area contributed by atoms with Crippen LogP contribution in [0.3, 0.4) is 0 Å². The van der Waals surface area contributed by atoms with E-state index in [1.165, 1.54) is 0 Å². The molecule has 0 unspecified atom stereocenters. The summed E-state index contributed by atoms with van der Waals surface area (Å²) in [5.74, 6) is 0. The second-order valence-corrected chi connectivity index (χ2v) is 4.63. The van der Waals surface area contributed by atoms with Crippen LogP contribution in [-0.4, -0.2) is 38.0 Å². The van der Waals surface area contributed by atoms with Crippen LogP contribution >= 0.6 is 0 Å². The molecule has 98 valence electrons. The van der Waals surface area contributed by atoms with Crippen LogP contribution in [0.15, 0.2) is 24.5 Å². The van der Waals surface area contributed by atoms with Gasteiger partial charge in [0, 0.05) is 39.3 Å². The first kappa shape index (κ1) is 14.0. The number of nitrogen functional groups attached to an aromatic ring is 2. The highest BCUT2D eigenvalue weighted by Crippen LogP contribution is 2.26. The third-order valence-electron chi connectivity index (χ3n) is 2.46. The second kappa shape index (κ2) is 6.00. The van der Waals surface area contributed by atoms with Gasteiger partial charge in [-0.2, -0.15) is 0 Å². The molecule has 0 aliphatic rings. The molecule has 1 rings (SSSR count). The predicted octanol–water partition coefficient (Wildman–Crippen LogP) is 1.92. The molecule has 4 N–H and O–H groups in total. The molecule has 0 radical (unpaired) electrons. The molecule has 0 spiro atoms. The van der Waals surface area contributed by atoms with Gasteiger partial charge in [-0.1, -0.05) is 12.1 Å². The van der Waals surface area contributed by atoms with Crippen LogP contribution in [0.1, 0.15) is 11.1 Å². The topological polar surface area (TPSA) is 58.5 Å². The molecule has 0 saturated carbocycles. The first-order valence-corrected chi connectivity index (χ1v) is 5.79. The van der Waals surface area contributed by atoms with Gasteiger partial charge in [-0.05, 0) is 24.6 Å². The second-order valence-electron chi connectivity index (χ2n) is 4.63. The fraction of sp³-hybridized carbons (Fsp3) is 0.286. The average molecular weight is 246 g/mol. The Labute approximate surface area is 109 Å². The molecule has 0 saturated heterocycles. The van der Waals surface area contributed by atoms with E-state index in [2.05, 4.69) is 0 Å². The Hall–Kier alpha value is -2.10. The summed E-state index contributed by atoms with van der Waals surface area (Å²) in [5, 5.41) is 0. The maximum absolute atomic E-state index is 6.03. The van der Waals surface area contributed by atoms with E-state index in [0.29, 0.717) is 11.4 Å². The summed E-state index contributed by atoms with van der Waals surface area (Å²) in [4.78, 5) is 3.91. The zero-order chi connectivity index (χ0) is 13.7. The molecule has 1 aromatic rings. The zero-order valence-electron chi connectivity index (χ0n) is 11.5. The van der Waals surface area contributed by atoms with Gasteiger partial charge in [0.05, 0.1) is 11.4 Å². The summed E-state index contributed by atoms with van der Waals surface area (Å²) in [6.07, 6.45) is 7.79. The van der Waals surface area contributed by atoms with Crippen LogP contribution in [0.4, 0.5) is 11.4 Å². The molecule has 0 amide bonds. The minimum Gasteiger partial charge on any atom is -0.397 e. The van der Waals surface area contributed by atoms with Gasteiger partial charge in [-0.25, -0.2) is 0 Å². The van der Waals surface area contributed by atoms with Crippen LogP contribution in [0.5, 0.6) is 0 Å². The van der Waals surface area contributed by atoms with E-state index < -0.39 is 0 Å². The van der Waals surface area contributed by atoms with Crippen molar-refractivity contribution in [2.45, 2.75) is 0 Å². The van der Waals surface area contributed by atoms with Crippen LogP contribution < -0.4 is 11.5 Å². The van der Waals surface area contributed by atoms with E-state index >= 15 is 0 Å². The third kappa shape index (κ3) is 3.73. The van der Waals surface area contributed by atoms with Crippen LogP contribution in [0.2, 0.25) is 0 Å². The lowest BCUT2D eigenvalue weighted by Crippen LogP contribution is -2.03. The number of rotatable bonds is 4. The Bertz CT molecular complexity index is 416. The normalized spacial score (nSPS) is 11.3. The molecule has 0 aliphatic carbocycles. The molecule has 0 bridgehead atoms. The third-order valence-corrected chi connectivity index (χ3v) is 2.46. The minimum atomic E-state index is 0.619. The Balaban J connectivity index is 3.05. The van der Waals surface area contributed by atoms with Crippen LogP contribution in [-0.2, 0) is 0 Å². The summed E-state index contributed by atoms with van der Waals surface area (Å²) in [6, 6.07) is 3.95. The van der Waals surface area contributed by atoms with Gasteiger partial charge in [-0.3, -0.25) is 0 Å². The van der Waals surface area contributed by atoms with Crippen molar-refractivity contribution in [1.82, 2.24) is 9.80 Å². The van der Waals surface area contributed by atoms with Gasteiger partial charge in [0.25, 0.3) is 0 Å². The van der Waals surface area contributed by atoms with E-state index in [1.807, 2.05) is 74.7 Å². The van der Waals surface area contributed by atoms with E-state index in [-0.39, 0.29) is 0 Å². The van der Waals surface area contributed by atoms with Gasteiger partial charge in [-0.15, -0.1) is 0 Å². The van der Waals surface area contributed by atoms with Crippen molar-refractivity contribution < 1.29 is 0 Å². The number of benzene rings is 1. The quantitative estimate of drug-likeness (QED) is 0.797. The molecule has 0 fully saturated rings. The molecular formula is C14H22N4. The first-order valence-electron chi connectivity index (χ1n) is 5.79. The highest BCUT2D eigenvalue weighted by molar-refractivity contribution is 5.82. The fourth-order valence-electron chi connectivity index (χ4n) is 1.42. The number of hydrogen-bond acceptors (Lipinski definition) is 4. The number of nitrogens with zero attached hydrogens (tertiary/aromatic N) is 2. The van der Waals surface area contributed by atoms with Gasteiger partial charge in [0.2, 0.25) is 0 Å². The van der Waals surface area contributed by atoms with Crippen molar-refractivity contribution in [3.05, 3.63) is 35.7 Å². The van der Waals surface area contributed by atoms with E-state index in [0.717, 1.165) is 11.1 Å². The molecule has 4 heteroatoms. The maximum Gasteiger partial charge on any atom is 0.0628 e. The van der Waals surface area contributed by atoms with Crippen molar-refractivity contribution in [2.75, 3.05) is 39.7 Å². The highest BCUT2D eigenvalue weighted by Gasteiger charge is 2.04. The predicted molar refractivity (Wildman–Crippen MR) is 80.7 cm³/mol. The largest absolute Gasteiger partial charge is 0.397 e. The lowest BCUT2D eigenvalue weighted by molar-refractivity contribution is 0.567. The fourth-order valence-corrected chi connectivity index (χ4v) is 1.42. The van der Waals surface area contributed by atoms with Crippen molar-refractivity contribution in [3.8, 4) is 0 Å². The van der Waals surface area contributed by atoms with Crippen LogP contribution in [0, 0.1) is 0 Å². The molecule has 0 aliphatic heterocycles. The molecule has 0 atom stereocenters. The Morgan fingerprint density at radius 1 is 0.778 bits per heavy atom. The maximum atomic E-state index is 6.03. The lowest BCUT2D eigenvalue weighted by Gasteiger charge is -2.10. The van der Waals surface area contributed by atoms with Gasteiger partial charge >= 0.3 is 0 Å². The summed E-state index contributed by atoms with van der Waals surface area (Å²) in [6.45, 7) is 0. The van der Waals surface area contributed by atoms with Crippen molar-refractivity contribution in [2.24, 2.45) is 0 Å². The highest BCUT2D eigenvalue weighted by atomic mass is 15.0. The monoisotopic (exact) mass is 246 g/mol. The first-order chi connectivity index (χ1) is 8.41. The molecule has 0 aromatic heterocycles. The molecule has 0 heterocycles. The minimum absolute atomic E-state index is 0.619. The summed E-state index contributed by atoms with van der Waals surface area (Å²) in [5.41, 5.74) is 15.2. The summed E-state index contributed by atoms with van der Waals surface area (Å²) < 4.78 is 0. The molecule has 1 aromatic carbocycles. The Kier molecular flexibility index (Phi) is 4.66. The van der Waals surface area contributed by atoms with Crippen molar-refractivity contribution >= 4 is 23.5 Å². The number of anilines is 2. The lowest BCUT2D eigenvalue weighted by atomic mass is 10.1. The summed E-state index contributed by atoms with van der Waals surface area (Å²) in [7, 11) is 7.85. The molecule has 4 nitrogen and oxygen atoms in total. The SMILES string of the molecule is CN(C)C=Cc1ccc(C=CN(C)C)c(N)c1N. The average Bonchev–Trinajstić information content (AvgIpc) is 2.29. The summed E-state index contributed by atoms with van der Waals surface area (Å²) >= 11 is 0. The molecular weight excluding hydrogens is 224 g/mol. The Morgan fingerprint density at radius 2 is 1.11 bits per heavy atom. The van der Waals surface area contributed by atoms with E-state index in [9.17, 15) is 0 Å². The standard InChI is InChI=1S/C14H22N4/c1-17(2)9-7-11-5-6-12(8-10-18(3)4)14(16)13(11)15/h5-10H,15-16H2,1-4H3. The van der Waals surface area contributed by atoms with Crippen molar-refractivity contribution in [1.29, 1.82) is 0 Å². The zero-order valence-corrected chi connectivity index (χ0v) is 11.5. The van der Waals surface area contributed by atoms with Gasteiger partial charge in [0.1, 0.15) is 0 Å². The van der Waals surface area contributed by atoms with Crippen LogP contribution in [0.25, 0.3) is 12.2 Å². The Morgan fingerprint density at radius 3 is 1.39 bits per heavy atom. The smallest absolute Gasteiger partial charge is 0.0628 e. The van der Waals surface area contributed by atoms with E-state index in [1.54, 1.807) is 0 Å². The number of nitrogens with two attached hydrogens (primary N) is 2.